The molecule has 0 radical (unpaired) electrons. The number of nitrogens with zero attached hydrogens (tertiary/aromatic N) is 2. The van der Waals surface area contributed by atoms with Crippen molar-refractivity contribution in [2.24, 2.45) is 10.8 Å². The molecule has 2 heterocycles. The van der Waals surface area contributed by atoms with Gasteiger partial charge in [-0.1, -0.05) is 102 Å². The molecule has 2 aliphatic heterocycles. The smallest absolute Gasteiger partial charge is 0.338 e. The van der Waals surface area contributed by atoms with Crippen LogP contribution >= 0.6 is 0 Å². The fourth-order valence-corrected chi connectivity index (χ4v) is 6.82. The molecule has 0 atom stereocenters. The van der Waals surface area contributed by atoms with Crippen LogP contribution in [0.15, 0.2) is 109 Å². The zero-order valence-corrected chi connectivity index (χ0v) is 32.7. The summed E-state index contributed by atoms with van der Waals surface area (Å²) in [6.07, 6.45) is 5.69. The second-order valence-electron chi connectivity index (χ2n) is 16.2. The molecular formula is C47H50N2O6. The Morgan fingerprint density at radius 1 is 0.545 bits per heavy atom. The molecule has 0 aliphatic carbocycles. The summed E-state index contributed by atoms with van der Waals surface area (Å²) in [4.78, 5) is 56.9. The average molecular weight is 739 g/mol. The molecule has 8 heteroatoms. The number of hydrogen-bond acceptors (Lipinski definition) is 8. The third-order valence-electron chi connectivity index (χ3n) is 9.84. The number of esters is 2. The minimum absolute atomic E-state index is 0.0641. The van der Waals surface area contributed by atoms with E-state index >= 15 is 0 Å². The molecule has 8 nitrogen and oxygen atoms in total. The summed E-state index contributed by atoms with van der Waals surface area (Å²) in [6.45, 7) is 13.2. The standard InChI is InChI=1S/C47H50N2O6/c1-46(2,3)42(50)38(32-14-9-7-10-15-32)30-48-24-22-34-28-36(18-20-40(34)48)44(52)54-26-13-27-55-45(53)37-19-21-41-35(29-37)23-25-49(41)31-39(43(51)47(4,5)6)33-16-11-8-12-17-33/h7-12,14-21,28-31H,13,22-27H2,1-6H3/b38-30+,39-31+. The summed E-state index contributed by atoms with van der Waals surface area (Å²) in [5.74, 6) is -0.746. The van der Waals surface area contributed by atoms with Gasteiger partial charge < -0.3 is 19.3 Å². The summed E-state index contributed by atoms with van der Waals surface area (Å²) in [5, 5.41) is 0. The largest absolute Gasteiger partial charge is 0.462 e. The van der Waals surface area contributed by atoms with Gasteiger partial charge >= 0.3 is 11.9 Å². The van der Waals surface area contributed by atoms with Crippen LogP contribution < -0.4 is 9.80 Å². The zero-order valence-electron chi connectivity index (χ0n) is 32.7. The van der Waals surface area contributed by atoms with Gasteiger partial charge in [-0.15, -0.1) is 0 Å². The minimum atomic E-state index is -0.539. The molecule has 0 unspecified atom stereocenters. The van der Waals surface area contributed by atoms with Crippen molar-refractivity contribution in [3.63, 3.8) is 0 Å². The molecule has 284 valence electrons. The van der Waals surface area contributed by atoms with Gasteiger partial charge in [-0.05, 0) is 71.5 Å². The maximum atomic E-state index is 13.4. The fraction of sp³-hybridized carbons (Fsp3) is 0.319. The number of Topliss-reactive ketones (excluding diaryl/α,β-unsaturated/α-hetero) is 2. The normalized spacial score (nSPS) is 14.4. The first-order chi connectivity index (χ1) is 26.2. The number of carbonyl (C=O) groups excluding carboxylic acids is 4. The number of ether oxygens (including phenoxy) is 2. The first-order valence-corrected chi connectivity index (χ1v) is 19.0. The number of anilines is 2. The first kappa shape index (κ1) is 38.9. The number of rotatable bonds is 12. The predicted octanol–water partition coefficient (Wildman–Crippen LogP) is 9.13. The summed E-state index contributed by atoms with van der Waals surface area (Å²) in [7, 11) is 0. The predicted molar refractivity (Wildman–Crippen MR) is 218 cm³/mol. The second-order valence-corrected chi connectivity index (χ2v) is 16.2. The number of hydrogen-bond donors (Lipinski definition) is 0. The van der Waals surface area contributed by atoms with Gasteiger partial charge in [-0.25, -0.2) is 9.59 Å². The van der Waals surface area contributed by atoms with Gasteiger partial charge in [0.15, 0.2) is 11.6 Å². The SMILES string of the molecule is CC(C)(C)C(=O)/C(=C/N1CCc2cc(C(=O)OCCCOC(=O)c3ccc4c(c3)CCN4/C=C(/C(=O)C(C)(C)C)c3ccccc3)ccc21)c1ccccc1. The average Bonchev–Trinajstić information content (AvgIpc) is 3.77. The van der Waals surface area contributed by atoms with E-state index in [0.717, 1.165) is 46.5 Å². The van der Waals surface area contributed by atoms with Crippen molar-refractivity contribution >= 4 is 46.0 Å². The van der Waals surface area contributed by atoms with Crippen LogP contribution in [0.4, 0.5) is 11.4 Å². The van der Waals surface area contributed by atoms with Gasteiger partial charge in [0.2, 0.25) is 0 Å². The van der Waals surface area contributed by atoms with Gasteiger partial charge in [-0.3, -0.25) is 9.59 Å². The first-order valence-electron chi connectivity index (χ1n) is 19.0. The highest BCUT2D eigenvalue weighted by Crippen LogP contribution is 2.35. The second kappa shape index (κ2) is 16.3. The molecule has 0 saturated carbocycles. The van der Waals surface area contributed by atoms with Gasteiger partial charge in [0.05, 0.1) is 24.3 Å². The van der Waals surface area contributed by atoms with Crippen molar-refractivity contribution in [1.29, 1.82) is 0 Å². The molecule has 0 N–H and O–H groups in total. The number of ketones is 2. The maximum absolute atomic E-state index is 13.4. The summed E-state index contributed by atoms with van der Waals surface area (Å²) < 4.78 is 11.1. The van der Waals surface area contributed by atoms with Crippen LogP contribution in [-0.4, -0.2) is 49.8 Å². The van der Waals surface area contributed by atoms with E-state index in [1.165, 1.54) is 0 Å². The molecule has 0 bridgehead atoms. The van der Waals surface area contributed by atoms with Crippen molar-refractivity contribution in [1.82, 2.24) is 0 Å². The highest BCUT2D eigenvalue weighted by Gasteiger charge is 2.30. The molecule has 2 aliphatic rings. The van der Waals surface area contributed by atoms with E-state index < -0.39 is 22.8 Å². The maximum Gasteiger partial charge on any atom is 0.338 e. The van der Waals surface area contributed by atoms with E-state index in [-0.39, 0.29) is 24.8 Å². The Morgan fingerprint density at radius 2 is 0.927 bits per heavy atom. The summed E-state index contributed by atoms with van der Waals surface area (Å²) in [6, 6.07) is 30.4. The van der Waals surface area contributed by atoms with Crippen LogP contribution in [0.3, 0.4) is 0 Å². The highest BCUT2D eigenvalue weighted by molar-refractivity contribution is 6.24. The van der Waals surface area contributed by atoms with Crippen LogP contribution in [0.5, 0.6) is 0 Å². The van der Waals surface area contributed by atoms with E-state index in [0.29, 0.717) is 41.8 Å². The molecule has 0 aromatic heterocycles. The Morgan fingerprint density at radius 3 is 1.29 bits per heavy atom. The van der Waals surface area contributed by atoms with Crippen LogP contribution in [0.2, 0.25) is 0 Å². The Balaban J connectivity index is 1.02. The molecule has 55 heavy (non-hydrogen) atoms. The van der Waals surface area contributed by atoms with Crippen LogP contribution in [-0.2, 0) is 31.9 Å². The van der Waals surface area contributed by atoms with Crippen LogP contribution in [0.1, 0.15) is 90.9 Å². The summed E-state index contributed by atoms with van der Waals surface area (Å²) in [5.41, 5.74) is 6.84. The van der Waals surface area contributed by atoms with Gasteiger partial charge in [0, 0.05) is 65.3 Å². The lowest BCUT2D eigenvalue weighted by atomic mass is 9.84. The minimum Gasteiger partial charge on any atom is -0.462 e. The van der Waals surface area contributed by atoms with E-state index in [1.807, 2.05) is 139 Å². The zero-order chi connectivity index (χ0) is 39.3. The van der Waals surface area contributed by atoms with Gasteiger partial charge in [0.1, 0.15) is 0 Å². The Labute approximate surface area is 324 Å². The molecular weight excluding hydrogens is 689 g/mol. The van der Waals surface area contributed by atoms with Crippen molar-refractivity contribution in [3.8, 4) is 0 Å². The highest BCUT2D eigenvalue weighted by atomic mass is 16.5. The topological polar surface area (TPSA) is 93.2 Å². The van der Waals surface area contributed by atoms with E-state index in [9.17, 15) is 19.2 Å². The molecule has 0 amide bonds. The summed E-state index contributed by atoms with van der Waals surface area (Å²) >= 11 is 0. The van der Waals surface area contributed by atoms with Crippen LogP contribution in [0.25, 0.3) is 11.1 Å². The van der Waals surface area contributed by atoms with E-state index in [4.69, 9.17) is 9.47 Å². The molecule has 4 aromatic carbocycles. The molecule has 4 aromatic rings. The van der Waals surface area contributed by atoms with Crippen LogP contribution in [0, 0.1) is 10.8 Å². The molecule has 0 saturated heterocycles. The van der Waals surface area contributed by atoms with Crippen molar-refractivity contribution in [3.05, 3.63) is 143 Å². The van der Waals surface area contributed by atoms with Gasteiger partial charge in [-0.2, -0.15) is 0 Å². The van der Waals surface area contributed by atoms with Gasteiger partial charge in [0.25, 0.3) is 0 Å². The number of benzene rings is 4. The van der Waals surface area contributed by atoms with E-state index in [1.54, 1.807) is 12.1 Å². The Bertz CT molecular complexity index is 1980. The lowest BCUT2D eigenvalue weighted by Crippen LogP contribution is -2.24. The number of fused-ring (bicyclic) bond motifs is 2. The lowest BCUT2D eigenvalue weighted by molar-refractivity contribution is -0.121. The number of carbonyl (C=O) groups is 4. The lowest BCUT2D eigenvalue weighted by Gasteiger charge is -2.22. The molecule has 0 spiro atoms. The third-order valence-corrected chi connectivity index (χ3v) is 9.84. The quantitative estimate of drug-likeness (QED) is 0.0808. The van der Waals surface area contributed by atoms with E-state index in [2.05, 4.69) is 9.80 Å². The van der Waals surface area contributed by atoms with Crippen molar-refractivity contribution in [2.45, 2.75) is 60.8 Å². The van der Waals surface area contributed by atoms with Crippen molar-refractivity contribution < 1.29 is 28.7 Å². The number of allylic oxidation sites excluding steroid dienone is 2. The third kappa shape index (κ3) is 9.14. The Kier molecular flexibility index (Phi) is 11.6. The fourth-order valence-electron chi connectivity index (χ4n) is 6.82. The molecule has 6 rings (SSSR count). The monoisotopic (exact) mass is 738 g/mol. The molecule has 0 fully saturated rings. The van der Waals surface area contributed by atoms with Crippen molar-refractivity contribution in [2.75, 3.05) is 36.1 Å². The Hall–Kier alpha value is -5.76.